The number of aliphatic imine (C=N–C) groups is 1. The standard InChI is InChI=1S/C19H25BrN4OS.HI/c1-14-9-11-26-17(14)12-23-19(21-2)22-10-8-18(25)24(3)13-15-6-4-5-7-16(15)20;/h4-7,9,11H,8,10,12-13H2,1-3H3,(H2,21,22,23);1H. The first-order valence-corrected chi connectivity index (χ1v) is 10.1. The lowest BCUT2D eigenvalue weighted by atomic mass is 10.2. The zero-order valence-corrected chi connectivity index (χ0v) is 20.5. The molecule has 1 aromatic heterocycles. The summed E-state index contributed by atoms with van der Waals surface area (Å²) in [5.41, 5.74) is 2.38. The monoisotopic (exact) mass is 564 g/mol. The summed E-state index contributed by atoms with van der Waals surface area (Å²) in [6, 6.07) is 10.1. The fourth-order valence-electron chi connectivity index (χ4n) is 2.42. The molecule has 0 unspecified atom stereocenters. The highest BCUT2D eigenvalue weighted by Crippen LogP contribution is 2.17. The van der Waals surface area contributed by atoms with Gasteiger partial charge in [-0.3, -0.25) is 9.79 Å². The van der Waals surface area contributed by atoms with Gasteiger partial charge >= 0.3 is 0 Å². The van der Waals surface area contributed by atoms with Crippen LogP contribution in [0.1, 0.15) is 22.4 Å². The number of rotatable bonds is 7. The third kappa shape index (κ3) is 7.79. The quantitative estimate of drug-likeness (QED) is 0.302. The SMILES string of the molecule is CN=C(NCCC(=O)N(C)Cc1ccccc1Br)NCc1sccc1C.I. The number of guanidine groups is 1. The zero-order chi connectivity index (χ0) is 18.9. The summed E-state index contributed by atoms with van der Waals surface area (Å²) in [5.74, 6) is 0.803. The topological polar surface area (TPSA) is 56.7 Å². The molecule has 0 fully saturated rings. The molecule has 1 aromatic carbocycles. The molecular formula is C19H26BrIN4OS. The summed E-state index contributed by atoms with van der Waals surface area (Å²) in [6.07, 6.45) is 0.416. The van der Waals surface area contributed by atoms with Gasteiger partial charge in [0.2, 0.25) is 5.91 Å². The van der Waals surface area contributed by atoms with E-state index in [1.165, 1.54) is 10.4 Å². The Labute approximate surface area is 190 Å². The zero-order valence-electron chi connectivity index (χ0n) is 15.8. The van der Waals surface area contributed by atoms with Crippen molar-refractivity contribution >= 4 is 63.1 Å². The van der Waals surface area contributed by atoms with Crippen LogP contribution in [-0.2, 0) is 17.9 Å². The molecule has 0 saturated carbocycles. The van der Waals surface area contributed by atoms with Gasteiger partial charge in [0.1, 0.15) is 0 Å². The van der Waals surface area contributed by atoms with Crippen LogP contribution in [0.5, 0.6) is 0 Å². The average molecular weight is 565 g/mol. The maximum absolute atomic E-state index is 12.3. The molecule has 2 N–H and O–H groups in total. The molecule has 0 spiro atoms. The predicted molar refractivity (Wildman–Crippen MR) is 128 cm³/mol. The summed E-state index contributed by atoms with van der Waals surface area (Å²) >= 11 is 5.25. The van der Waals surface area contributed by atoms with Gasteiger partial charge in [-0.1, -0.05) is 34.1 Å². The Morgan fingerprint density at radius 1 is 1.26 bits per heavy atom. The van der Waals surface area contributed by atoms with Gasteiger partial charge in [-0.05, 0) is 35.6 Å². The molecule has 0 aliphatic rings. The second-order valence-corrected chi connectivity index (χ2v) is 7.83. The fraction of sp³-hybridized carbons (Fsp3) is 0.368. The fourth-order valence-corrected chi connectivity index (χ4v) is 3.67. The molecule has 27 heavy (non-hydrogen) atoms. The highest BCUT2D eigenvalue weighted by molar-refractivity contribution is 14.0. The number of hydrogen-bond acceptors (Lipinski definition) is 3. The molecule has 2 rings (SSSR count). The van der Waals surface area contributed by atoms with Crippen LogP contribution in [0.25, 0.3) is 0 Å². The smallest absolute Gasteiger partial charge is 0.224 e. The number of carbonyl (C=O) groups excluding carboxylic acids is 1. The van der Waals surface area contributed by atoms with E-state index >= 15 is 0 Å². The van der Waals surface area contributed by atoms with Crippen molar-refractivity contribution in [3.05, 3.63) is 56.2 Å². The summed E-state index contributed by atoms with van der Waals surface area (Å²) in [5, 5.41) is 8.57. The Hall–Kier alpha value is -1.13. The molecule has 1 amide bonds. The van der Waals surface area contributed by atoms with Crippen LogP contribution >= 0.6 is 51.2 Å². The Balaban J connectivity index is 0.00000364. The first-order valence-electron chi connectivity index (χ1n) is 8.46. The third-order valence-corrected chi connectivity index (χ3v) is 5.83. The number of hydrogen-bond donors (Lipinski definition) is 2. The molecule has 0 radical (unpaired) electrons. The van der Waals surface area contributed by atoms with E-state index in [4.69, 9.17) is 0 Å². The van der Waals surface area contributed by atoms with Crippen molar-refractivity contribution in [2.24, 2.45) is 4.99 Å². The van der Waals surface area contributed by atoms with E-state index in [0.29, 0.717) is 25.5 Å². The van der Waals surface area contributed by atoms with Gasteiger partial charge < -0.3 is 15.5 Å². The van der Waals surface area contributed by atoms with Gasteiger partial charge in [0.05, 0.1) is 6.54 Å². The third-order valence-electron chi connectivity index (χ3n) is 4.03. The number of carbonyl (C=O) groups is 1. The van der Waals surface area contributed by atoms with E-state index in [2.05, 4.69) is 49.9 Å². The predicted octanol–water partition coefficient (Wildman–Crippen LogP) is 4.15. The second-order valence-electron chi connectivity index (χ2n) is 5.97. The number of aryl methyl sites for hydroxylation is 1. The Kier molecular flexibility index (Phi) is 10.9. The van der Waals surface area contributed by atoms with Crippen LogP contribution < -0.4 is 10.6 Å². The van der Waals surface area contributed by atoms with Gasteiger partial charge in [-0.2, -0.15) is 0 Å². The van der Waals surface area contributed by atoms with Gasteiger partial charge in [0.15, 0.2) is 5.96 Å². The average Bonchev–Trinajstić information content (AvgIpc) is 3.04. The Morgan fingerprint density at radius 3 is 2.63 bits per heavy atom. The van der Waals surface area contributed by atoms with Crippen LogP contribution in [0.4, 0.5) is 0 Å². The number of nitrogens with zero attached hydrogens (tertiary/aromatic N) is 2. The summed E-state index contributed by atoms with van der Waals surface area (Å²) in [4.78, 5) is 19.6. The van der Waals surface area contributed by atoms with Crippen molar-refractivity contribution in [2.45, 2.75) is 26.4 Å². The van der Waals surface area contributed by atoms with E-state index in [0.717, 1.165) is 16.6 Å². The van der Waals surface area contributed by atoms with Crippen LogP contribution in [0.3, 0.4) is 0 Å². The summed E-state index contributed by atoms with van der Waals surface area (Å²) < 4.78 is 1.02. The number of benzene rings is 1. The van der Waals surface area contributed by atoms with Crippen molar-refractivity contribution < 1.29 is 4.79 Å². The van der Waals surface area contributed by atoms with E-state index in [1.807, 2.05) is 31.3 Å². The molecule has 5 nitrogen and oxygen atoms in total. The maximum atomic E-state index is 12.3. The largest absolute Gasteiger partial charge is 0.356 e. The van der Waals surface area contributed by atoms with Gasteiger partial charge in [-0.25, -0.2) is 0 Å². The molecule has 0 saturated heterocycles. The van der Waals surface area contributed by atoms with E-state index in [1.54, 1.807) is 23.3 Å². The van der Waals surface area contributed by atoms with Crippen molar-refractivity contribution in [2.75, 3.05) is 20.6 Å². The molecular weight excluding hydrogens is 539 g/mol. The molecule has 0 bridgehead atoms. The molecule has 8 heteroatoms. The minimum absolute atomic E-state index is 0. The van der Waals surface area contributed by atoms with Crippen LogP contribution in [-0.4, -0.2) is 37.4 Å². The van der Waals surface area contributed by atoms with Crippen molar-refractivity contribution in [1.82, 2.24) is 15.5 Å². The van der Waals surface area contributed by atoms with Crippen molar-refractivity contribution in [3.63, 3.8) is 0 Å². The van der Waals surface area contributed by atoms with Gasteiger partial charge in [-0.15, -0.1) is 35.3 Å². The first kappa shape index (κ1) is 23.9. The lowest BCUT2D eigenvalue weighted by Crippen LogP contribution is -2.39. The molecule has 1 heterocycles. The molecule has 2 aromatic rings. The minimum atomic E-state index is 0. The lowest BCUT2D eigenvalue weighted by molar-refractivity contribution is -0.130. The van der Waals surface area contributed by atoms with E-state index < -0.39 is 0 Å². The second kappa shape index (κ2) is 12.4. The van der Waals surface area contributed by atoms with Crippen LogP contribution in [0, 0.1) is 6.92 Å². The van der Waals surface area contributed by atoms with Crippen molar-refractivity contribution in [1.29, 1.82) is 0 Å². The summed E-state index contributed by atoms with van der Waals surface area (Å²) in [7, 11) is 3.56. The molecule has 0 aliphatic heterocycles. The first-order chi connectivity index (χ1) is 12.5. The molecule has 0 atom stereocenters. The molecule has 148 valence electrons. The number of amides is 1. The normalized spacial score (nSPS) is 10.9. The van der Waals surface area contributed by atoms with Crippen molar-refractivity contribution in [3.8, 4) is 0 Å². The number of thiophene rings is 1. The number of halogens is 2. The van der Waals surface area contributed by atoms with Gasteiger partial charge in [0.25, 0.3) is 0 Å². The van der Waals surface area contributed by atoms with E-state index in [-0.39, 0.29) is 29.9 Å². The lowest BCUT2D eigenvalue weighted by Gasteiger charge is -2.19. The number of nitrogens with one attached hydrogen (secondary N) is 2. The van der Waals surface area contributed by atoms with E-state index in [9.17, 15) is 4.79 Å². The Bertz CT molecular complexity index is 766. The Morgan fingerprint density at radius 2 is 2.00 bits per heavy atom. The minimum Gasteiger partial charge on any atom is -0.356 e. The van der Waals surface area contributed by atoms with Gasteiger partial charge in [0, 0.05) is 43.0 Å². The maximum Gasteiger partial charge on any atom is 0.224 e. The molecule has 0 aliphatic carbocycles. The van der Waals surface area contributed by atoms with Crippen LogP contribution in [0.2, 0.25) is 0 Å². The highest BCUT2D eigenvalue weighted by Gasteiger charge is 2.11. The van der Waals surface area contributed by atoms with Crippen LogP contribution in [0.15, 0.2) is 45.2 Å². The summed E-state index contributed by atoms with van der Waals surface area (Å²) in [6.45, 7) is 3.97. The highest BCUT2D eigenvalue weighted by atomic mass is 127.